The standard InChI is InChI=1S/C15H33N3O/c1-4-18(5-2)14-8-11-17(12-14)10-7-6-9-15(3,19)13-16/h14,19H,4-13,16H2,1-3H3. The summed E-state index contributed by atoms with van der Waals surface area (Å²) in [6.45, 7) is 12.6. The smallest absolute Gasteiger partial charge is 0.0741 e. The van der Waals surface area contributed by atoms with Crippen LogP contribution in [0.5, 0.6) is 0 Å². The molecule has 0 bridgehead atoms. The Balaban J connectivity index is 2.15. The van der Waals surface area contributed by atoms with Crippen molar-refractivity contribution in [2.75, 3.05) is 39.3 Å². The summed E-state index contributed by atoms with van der Waals surface area (Å²) in [4.78, 5) is 5.14. The minimum absolute atomic E-state index is 0.362. The van der Waals surface area contributed by atoms with E-state index in [1.807, 2.05) is 6.92 Å². The van der Waals surface area contributed by atoms with Crippen LogP contribution in [0, 0.1) is 0 Å². The van der Waals surface area contributed by atoms with Gasteiger partial charge < -0.3 is 15.7 Å². The zero-order valence-electron chi connectivity index (χ0n) is 13.1. The number of unbranched alkanes of at least 4 members (excludes halogenated alkanes) is 1. The number of hydrogen-bond acceptors (Lipinski definition) is 4. The number of nitrogens with two attached hydrogens (primary N) is 1. The summed E-state index contributed by atoms with van der Waals surface area (Å²) >= 11 is 0. The van der Waals surface area contributed by atoms with Crippen LogP contribution < -0.4 is 5.73 Å². The average molecular weight is 271 g/mol. The fraction of sp³-hybridized carbons (Fsp3) is 1.00. The SMILES string of the molecule is CCN(CC)C1CCN(CCCCC(C)(O)CN)C1. The van der Waals surface area contributed by atoms with E-state index in [9.17, 15) is 5.11 Å². The lowest BCUT2D eigenvalue weighted by Crippen LogP contribution is -2.37. The molecule has 114 valence electrons. The highest BCUT2D eigenvalue weighted by Crippen LogP contribution is 2.17. The van der Waals surface area contributed by atoms with Gasteiger partial charge in [-0.2, -0.15) is 0 Å². The molecule has 0 aliphatic carbocycles. The molecule has 0 aromatic carbocycles. The quantitative estimate of drug-likeness (QED) is 0.620. The van der Waals surface area contributed by atoms with Crippen molar-refractivity contribution in [1.82, 2.24) is 9.80 Å². The van der Waals surface area contributed by atoms with Crippen molar-refractivity contribution in [3.63, 3.8) is 0 Å². The maximum absolute atomic E-state index is 9.85. The molecule has 2 atom stereocenters. The number of nitrogens with zero attached hydrogens (tertiary/aromatic N) is 2. The highest BCUT2D eigenvalue weighted by molar-refractivity contribution is 4.82. The van der Waals surface area contributed by atoms with E-state index in [1.54, 1.807) is 0 Å². The van der Waals surface area contributed by atoms with Crippen LogP contribution in [0.15, 0.2) is 0 Å². The van der Waals surface area contributed by atoms with Crippen molar-refractivity contribution in [1.29, 1.82) is 0 Å². The first-order valence-corrected chi connectivity index (χ1v) is 7.91. The molecule has 0 radical (unpaired) electrons. The molecular formula is C15H33N3O. The topological polar surface area (TPSA) is 52.7 Å². The third kappa shape index (κ3) is 5.78. The highest BCUT2D eigenvalue weighted by atomic mass is 16.3. The van der Waals surface area contributed by atoms with Crippen LogP contribution in [0.1, 0.15) is 46.5 Å². The second-order valence-corrected chi connectivity index (χ2v) is 6.12. The lowest BCUT2D eigenvalue weighted by molar-refractivity contribution is 0.0565. The van der Waals surface area contributed by atoms with E-state index in [1.165, 1.54) is 32.5 Å². The Kier molecular flexibility index (Phi) is 7.29. The Hall–Kier alpha value is -0.160. The van der Waals surface area contributed by atoms with Crippen LogP contribution in [0.25, 0.3) is 0 Å². The third-order valence-electron chi connectivity index (χ3n) is 4.46. The van der Waals surface area contributed by atoms with Gasteiger partial charge in [0.2, 0.25) is 0 Å². The van der Waals surface area contributed by atoms with Crippen molar-refractivity contribution in [3.8, 4) is 0 Å². The van der Waals surface area contributed by atoms with Crippen molar-refractivity contribution < 1.29 is 5.11 Å². The van der Waals surface area contributed by atoms with E-state index >= 15 is 0 Å². The van der Waals surface area contributed by atoms with E-state index in [-0.39, 0.29) is 0 Å². The molecule has 0 spiro atoms. The van der Waals surface area contributed by atoms with E-state index in [0.29, 0.717) is 6.54 Å². The first kappa shape index (κ1) is 16.9. The molecule has 0 aromatic rings. The van der Waals surface area contributed by atoms with Gasteiger partial charge in [0.15, 0.2) is 0 Å². The molecule has 1 aliphatic rings. The van der Waals surface area contributed by atoms with Crippen LogP contribution in [-0.2, 0) is 0 Å². The summed E-state index contributed by atoms with van der Waals surface area (Å²) in [5.41, 5.74) is 4.85. The molecule has 0 aromatic heterocycles. The minimum atomic E-state index is -0.672. The normalized spacial score (nSPS) is 24.0. The molecule has 19 heavy (non-hydrogen) atoms. The number of hydrogen-bond donors (Lipinski definition) is 2. The van der Waals surface area contributed by atoms with Crippen LogP contribution in [-0.4, -0.2) is 65.8 Å². The van der Waals surface area contributed by atoms with Crippen LogP contribution in [0.3, 0.4) is 0 Å². The first-order chi connectivity index (χ1) is 9.02. The summed E-state index contributed by atoms with van der Waals surface area (Å²) in [7, 11) is 0. The third-order valence-corrected chi connectivity index (χ3v) is 4.46. The predicted molar refractivity (Wildman–Crippen MR) is 81.3 cm³/mol. The fourth-order valence-corrected chi connectivity index (χ4v) is 3.00. The van der Waals surface area contributed by atoms with Gasteiger partial charge in [0.05, 0.1) is 5.60 Å². The van der Waals surface area contributed by atoms with Gasteiger partial charge in [-0.05, 0) is 58.8 Å². The average Bonchev–Trinajstić information content (AvgIpc) is 2.85. The largest absolute Gasteiger partial charge is 0.389 e. The van der Waals surface area contributed by atoms with Crippen molar-refractivity contribution in [2.45, 2.75) is 58.1 Å². The summed E-state index contributed by atoms with van der Waals surface area (Å²) in [5.74, 6) is 0. The van der Waals surface area contributed by atoms with Gasteiger partial charge in [-0.1, -0.05) is 13.8 Å². The summed E-state index contributed by atoms with van der Waals surface area (Å²) in [5, 5.41) is 9.85. The lowest BCUT2D eigenvalue weighted by atomic mass is 9.99. The van der Waals surface area contributed by atoms with E-state index in [2.05, 4.69) is 23.6 Å². The summed E-state index contributed by atoms with van der Waals surface area (Å²) in [6.07, 6.45) is 4.36. The molecule has 1 aliphatic heterocycles. The summed E-state index contributed by atoms with van der Waals surface area (Å²) in [6, 6.07) is 0.752. The molecule has 0 amide bonds. The number of likely N-dealkylation sites (tertiary alicyclic amines) is 1. The molecule has 1 fully saturated rings. The minimum Gasteiger partial charge on any atom is -0.389 e. The first-order valence-electron chi connectivity index (χ1n) is 7.91. The molecular weight excluding hydrogens is 238 g/mol. The molecule has 1 heterocycles. The van der Waals surface area contributed by atoms with E-state index < -0.39 is 5.60 Å². The van der Waals surface area contributed by atoms with Gasteiger partial charge in [-0.25, -0.2) is 0 Å². The summed E-state index contributed by atoms with van der Waals surface area (Å²) < 4.78 is 0. The van der Waals surface area contributed by atoms with Crippen LogP contribution in [0.2, 0.25) is 0 Å². The Labute approximate surface area is 118 Å². The highest BCUT2D eigenvalue weighted by Gasteiger charge is 2.25. The Bertz CT molecular complexity index is 242. The van der Waals surface area contributed by atoms with Crippen molar-refractivity contribution >= 4 is 0 Å². The van der Waals surface area contributed by atoms with Gasteiger partial charge in [0.25, 0.3) is 0 Å². The molecule has 2 unspecified atom stereocenters. The Morgan fingerprint density at radius 1 is 1.32 bits per heavy atom. The number of aliphatic hydroxyl groups is 1. The van der Waals surface area contributed by atoms with Gasteiger partial charge >= 0.3 is 0 Å². The number of rotatable bonds is 9. The molecule has 0 saturated carbocycles. The Morgan fingerprint density at radius 2 is 2.00 bits per heavy atom. The van der Waals surface area contributed by atoms with Crippen molar-refractivity contribution in [2.24, 2.45) is 5.73 Å². The fourth-order valence-electron chi connectivity index (χ4n) is 3.00. The van der Waals surface area contributed by atoms with Gasteiger partial charge in [0, 0.05) is 19.1 Å². The zero-order valence-corrected chi connectivity index (χ0v) is 13.1. The zero-order chi connectivity index (χ0) is 14.3. The van der Waals surface area contributed by atoms with Gasteiger partial charge in [-0.3, -0.25) is 4.90 Å². The predicted octanol–water partition coefficient (Wildman–Crippen LogP) is 1.28. The van der Waals surface area contributed by atoms with E-state index in [0.717, 1.165) is 32.0 Å². The maximum Gasteiger partial charge on any atom is 0.0741 e. The molecule has 4 nitrogen and oxygen atoms in total. The van der Waals surface area contributed by atoms with Crippen LogP contribution >= 0.6 is 0 Å². The van der Waals surface area contributed by atoms with Gasteiger partial charge in [-0.15, -0.1) is 0 Å². The number of likely N-dealkylation sites (N-methyl/N-ethyl adjacent to an activating group) is 1. The monoisotopic (exact) mass is 271 g/mol. The van der Waals surface area contributed by atoms with Gasteiger partial charge in [0.1, 0.15) is 0 Å². The maximum atomic E-state index is 9.85. The molecule has 1 rings (SSSR count). The Morgan fingerprint density at radius 3 is 2.58 bits per heavy atom. The second-order valence-electron chi connectivity index (χ2n) is 6.12. The van der Waals surface area contributed by atoms with Crippen LogP contribution in [0.4, 0.5) is 0 Å². The lowest BCUT2D eigenvalue weighted by Gasteiger charge is -2.26. The molecule has 1 saturated heterocycles. The van der Waals surface area contributed by atoms with Crippen molar-refractivity contribution in [3.05, 3.63) is 0 Å². The molecule has 4 heteroatoms. The van der Waals surface area contributed by atoms with E-state index in [4.69, 9.17) is 5.73 Å². The second kappa shape index (κ2) is 8.20. The molecule has 3 N–H and O–H groups in total.